The Balaban J connectivity index is 1.85. The van der Waals surface area contributed by atoms with Gasteiger partial charge in [0.15, 0.2) is 17.4 Å². The van der Waals surface area contributed by atoms with Crippen molar-refractivity contribution < 1.29 is 29.3 Å². The quantitative estimate of drug-likeness (QED) is 0.180. The molecule has 0 saturated carbocycles. The molecule has 4 N–H and O–H groups in total. The summed E-state index contributed by atoms with van der Waals surface area (Å²) in [7, 11) is 0. The highest BCUT2D eigenvalue weighted by molar-refractivity contribution is 8.33. The molecule has 0 aliphatic carbocycles. The third-order valence-corrected chi connectivity index (χ3v) is 10.9. The fourth-order valence-corrected chi connectivity index (χ4v) is 9.68. The number of nitrogens with one attached hydrogen (secondary N) is 2. The van der Waals surface area contributed by atoms with E-state index in [0.717, 1.165) is 47.0 Å². The van der Waals surface area contributed by atoms with Gasteiger partial charge in [0.25, 0.3) is 16.8 Å². The van der Waals surface area contributed by atoms with E-state index in [1.807, 2.05) is 0 Å². The summed E-state index contributed by atoms with van der Waals surface area (Å²) in [6.07, 6.45) is 0. The number of carbonyl (C=O) groups is 2. The number of hydrogen-bond donors (Lipinski definition) is 4. The van der Waals surface area contributed by atoms with Crippen molar-refractivity contribution in [1.82, 2.24) is 9.97 Å². The Bertz CT molecular complexity index is 2050. The van der Waals surface area contributed by atoms with E-state index in [9.17, 15) is 34.7 Å². The molecule has 0 spiro atoms. The third-order valence-electron chi connectivity index (χ3n) is 5.71. The number of pyridine rings is 2. The number of hydrogen-bond acceptors (Lipinski definition) is 13. The molecule has 2 aliphatic rings. The van der Waals surface area contributed by atoms with Crippen LogP contribution in [-0.2, 0) is 9.59 Å². The molecular formula is C26H14N4O8S4. The van der Waals surface area contributed by atoms with Crippen LogP contribution >= 0.6 is 47.0 Å². The molecule has 3 aromatic rings. The number of nitrogens with zero attached hydrogens (tertiary/aromatic N) is 2. The summed E-state index contributed by atoms with van der Waals surface area (Å²) in [4.78, 5) is 59.1. The van der Waals surface area contributed by atoms with E-state index in [2.05, 4.69) is 28.0 Å². The predicted octanol–water partition coefficient (Wildman–Crippen LogP) is 1.50. The number of ether oxygens (including phenoxy) is 2. The summed E-state index contributed by atoms with van der Waals surface area (Å²) >= 11 is 4.03. The first-order valence-corrected chi connectivity index (χ1v) is 14.6. The number of H-pyrrole nitrogens is 2. The summed E-state index contributed by atoms with van der Waals surface area (Å²) in [5.41, 5.74) is -1.92. The molecule has 0 fully saturated rings. The molecule has 42 heavy (non-hydrogen) atoms. The molecular weight excluding hydrogens is 625 g/mol. The number of carbonyl (C=O) groups excluding carboxylic acids is 2. The second-order valence-corrected chi connectivity index (χ2v) is 13.0. The maximum Gasteiger partial charge on any atom is 0.308 e. The molecule has 12 nitrogen and oxygen atoms in total. The van der Waals surface area contributed by atoms with Crippen LogP contribution in [0.1, 0.15) is 19.4 Å². The van der Waals surface area contributed by atoms with Gasteiger partial charge in [-0.3, -0.25) is 24.2 Å². The van der Waals surface area contributed by atoms with Gasteiger partial charge in [0.05, 0.1) is 45.1 Å². The van der Waals surface area contributed by atoms with Crippen LogP contribution in [0, 0.1) is 17.9 Å². The first-order valence-electron chi connectivity index (χ1n) is 11.3. The Morgan fingerprint density at radius 1 is 0.833 bits per heavy atom. The molecule has 2 aliphatic heterocycles. The number of benzene rings is 1. The van der Waals surface area contributed by atoms with Gasteiger partial charge in [-0.2, -0.15) is 5.26 Å². The average molecular weight is 639 g/mol. The first-order chi connectivity index (χ1) is 19.9. The van der Waals surface area contributed by atoms with Crippen molar-refractivity contribution in [2.45, 2.75) is 33.4 Å². The molecule has 0 radical (unpaired) electrons. The van der Waals surface area contributed by atoms with Crippen LogP contribution < -0.4 is 41.5 Å². The van der Waals surface area contributed by atoms with Gasteiger partial charge in [0.1, 0.15) is 11.6 Å². The van der Waals surface area contributed by atoms with E-state index >= 15 is 0 Å². The molecule has 0 bridgehead atoms. The van der Waals surface area contributed by atoms with Crippen LogP contribution in [0.3, 0.4) is 0 Å². The summed E-state index contributed by atoms with van der Waals surface area (Å²) in [6, 6.07) is 1.80. The van der Waals surface area contributed by atoms with Crippen molar-refractivity contribution in [2.75, 3.05) is 0 Å². The standard InChI is InChI=1S/C26H14N4O8S4/c1-7-11(6-27)21(33)29-22(34)12(7)25-39-17-15(37-9(3)31)19-20(16(18(17)40-25)38-10(4)32)42-26(41-19)13-8(2)14(28-5)24(36)30-23(13)35/h33,36H,1-2H2,3-4H3,(H,29,34)(H,30,35). The number of aromatic hydroxyl groups is 2. The Labute approximate surface area is 251 Å². The number of esters is 2. The SMILES string of the molecule is [C-]#[N+]c1c(O)[nH]c(=O)c(=C2Sc3c(OC(C)=O)c4c(c(OC(C)=O)c3S2)SC(=c2c(=O)[nH]c(O)c(C#N)c2=C)S4)c1=C. The third kappa shape index (κ3) is 4.64. The van der Waals surface area contributed by atoms with E-state index in [-0.39, 0.29) is 43.6 Å². The average Bonchev–Trinajstić information content (AvgIpc) is 3.51. The van der Waals surface area contributed by atoms with Crippen LogP contribution in [0.2, 0.25) is 0 Å². The van der Waals surface area contributed by atoms with Crippen LogP contribution in [-0.4, -0.2) is 32.1 Å². The second-order valence-electron chi connectivity index (χ2n) is 8.40. The van der Waals surface area contributed by atoms with Crippen molar-refractivity contribution >= 4 is 86.3 Å². The molecule has 0 amide bonds. The number of aromatic nitrogens is 2. The van der Waals surface area contributed by atoms with E-state index in [1.54, 1.807) is 6.07 Å². The lowest BCUT2D eigenvalue weighted by Gasteiger charge is -2.15. The zero-order valence-corrected chi connectivity index (χ0v) is 24.6. The number of fused-ring (bicyclic) bond motifs is 2. The monoisotopic (exact) mass is 638 g/mol. The lowest BCUT2D eigenvalue weighted by atomic mass is 10.2. The molecule has 5 rings (SSSR count). The van der Waals surface area contributed by atoms with E-state index in [1.165, 1.54) is 13.8 Å². The minimum absolute atomic E-state index is 0.00151. The van der Waals surface area contributed by atoms with Gasteiger partial charge < -0.3 is 24.7 Å². The van der Waals surface area contributed by atoms with E-state index < -0.39 is 34.8 Å². The molecule has 210 valence electrons. The van der Waals surface area contributed by atoms with Gasteiger partial charge in [0, 0.05) is 19.1 Å². The lowest BCUT2D eigenvalue weighted by Crippen LogP contribution is -2.42. The van der Waals surface area contributed by atoms with Gasteiger partial charge in [-0.15, -0.1) is 6.58 Å². The van der Waals surface area contributed by atoms with E-state index in [0.29, 0.717) is 28.1 Å². The number of thioether (sulfide) groups is 4. The summed E-state index contributed by atoms with van der Waals surface area (Å²) < 4.78 is 11.9. The highest BCUT2D eigenvalue weighted by atomic mass is 32.2. The maximum absolute atomic E-state index is 12.9. The molecule has 0 unspecified atom stereocenters. The second kappa shape index (κ2) is 10.7. The van der Waals surface area contributed by atoms with Crippen LogP contribution in [0.4, 0.5) is 5.69 Å². The van der Waals surface area contributed by atoms with Crippen molar-refractivity contribution in [3.8, 4) is 29.3 Å². The fraction of sp³-hybridized carbons (Fsp3) is 0.0769. The highest BCUT2D eigenvalue weighted by Gasteiger charge is 2.39. The summed E-state index contributed by atoms with van der Waals surface area (Å²) in [5, 5.41) is 29.4. The first kappa shape index (κ1) is 29.0. The van der Waals surface area contributed by atoms with Crippen molar-refractivity contribution in [3.63, 3.8) is 0 Å². The molecule has 4 heterocycles. The number of rotatable bonds is 2. The fourth-order valence-electron chi connectivity index (χ4n) is 4.02. The molecule has 0 saturated heterocycles. The van der Waals surface area contributed by atoms with Crippen LogP contribution in [0.5, 0.6) is 23.3 Å². The Hall–Kier alpha value is -4.48. The maximum atomic E-state index is 12.9. The molecule has 2 aromatic heterocycles. The lowest BCUT2D eigenvalue weighted by molar-refractivity contribution is -0.133. The van der Waals surface area contributed by atoms with Crippen molar-refractivity contribution in [3.05, 3.63) is 58.6 Å². The molecule has 16 heteroatoms. The zero-order chi connectivity index (χ0) is 30.6. The van der Waals surface area contributed by atoms with Gasteiger partial charge in [-0.05, 0) is 5.22 Å². The largest absolute Gasteiger partial charge is 0.503 e. The van der Waals surface area contributed by atoms with Crippen LogP contribution in [0.15, 0.2) is 29.2 Å². The topological polar surface area (TPSA) is 187 Å². The Morgan fingerprint density at radius 3 is 1.62 bits per heavy atom. The minimum atomic E-state index is -0.723. The van der Waals surface area contributed by atoms with E-state index in [4.69, 9.17) is 16.0 Å². The van der Waals surface area contributed by atoms with Crippen molar-refractivity contribution in [2.24, 2.45) is 0 Å². The minimum Gasteiger partial charge on any atom is -0.503 e. The Morgan fingerprint density at radius 2 is 1.24 bits per heavy atom. The number of nitriles is 1. The van der Waals surface area contributed by atoms with Gasteiger partial charge in [-0.25, -0.2) is 4.85 Å². The van der Waals surface area contributed by atoms with Crippen molar-refractivity contribution in [1.29, 1.82) is 5.26 Å². The smallest absolute Gasteiger partial charge is 0.308 e. The summed E-state index contributed by atoms with van der Waals surface area (Å²) in [5.74, 6) is -2.49. The Kier molecular flexibility index (Phi) is 7.42. The molecule has 1 aromatic carbocycles. The normalized spacial score (nSPS) is 13.2. The predicted molar refractivity (Wildman–Crippen MR) is 157 cm³/mol. The molecule has 0 atom stereocenters. The van der Waals surface area contributed by atoms with Gasteiger partial charge >= 0.3 is 11.9 Å². The van der Waals surface area contributed by atoms with Gasteiger partial charge in [0.2, 0.25) is 5.88 Å². The van der Waals surface area contributed by atoms with Crippen LogP contribution in [0.25, 0.3) is 26.5 Å². The highest BCUT2D eigenvalue weighted by Crippen LogP contribution is 2.68. The zero-order valence-electron chi connectivity index (χ0n) is 21.3. The van der Waals surface area contributed by atoms with Gasteiger partial charge in [-0.1, -0.05) is 53.6 Å². The summed E-state index contributed by atoms with van der Waals surface area (Å²) in [6.45, 7) is 17.3. The number of aromatic amines is 2.